The van der Waals surface area contributed by atoms with E-state index < -0.39 is 5.97 Å². The van der Waals surface area contributed by atoms with E-state index >= 15 is 0 Å². The Morgan fingerprint density at radius 1 is 1.04 bits per heavy atom. The van der Waals surface area contributed by atoms with Crippen molar-refractivity contribution >= 4 is 48.6 Å². The number of halogens is 2. The van der Waals surface area contributed by atoms with Crippen LogP contribution in [0.3, 0.4) is 0 Å². The van der Waals surface area contributed by atoms with E-state index in [0.717, 1.165) is 25.3 Å². The van der Waals surface area contributed by atoms with Gasteiger partial charge in [0, 0.05) is 9.86 Å². The van der Waals surface area contributed by atoms with Gasteiger partial charge in [-0.2, -0.15) is 0 Å². The third-order valence-electron chi connectivity index (χ3n) is 3.50. The molecule has 3 aromatic rings. The van der Waals surface area contributed by atoms with E-state index in [0.29, 0.717) is 11.5 Å². The maximum absolute atomic E-state index is 12.1. The molecule has 122 valence electrons. The molecule has 0 unspecified atom stereocenters. The van der Waals surface area contributed by atoms with Crippen molar-refractivity contribution in [2.75, 3.05) is 6.61 Å². The molecule has 0 spiro atoms. The van der Waals surface area contributed by atoms with E-state index in [-0.39, 0.29) is 6.61 Å². The van der Waals surface area contributed by atoms with Crippen molar-refractivity contribution in [3.05, 3.63) is 69.1 Å². The fourth-order valence-electron chi connectivity index (χ4n) is 2.44. The molecule has 0 heterocycles. The molecule has 0 fully saturated rings. The van der Waals surface area contributed by atoms with Crippen molar-refractivity contribution in [1.82, 2.24) is 0 Å². The van der Waals surface area contributed by atoms with Crippen molar-refractivity contribution in [1.29, 1.82) is 0 Å². The first kappa shape index (κ1) is 17.0. The molecule has 0 radical (unpaired) electrons. The Morgan fingerprint density at radius 3 is 2.58 bits per heavy atom. The SMILES string of the molecule is Cc1cc(Br)cc(Br)c1OCC(=O)Oc1cccc2ccccc12. The predicted molar refractivity (Wildman–Crippen MR) is 102 cm³/mol. The van der Waals surface area contributed by atoms with E-state index in [1.807, 2.05) is 55.5 Å². The highest BCUT2D eigenvalue weighted by Gasteiger charge is 2.12. The number of ether oxygens (including phenoxy) is 2. The first-order valence-electron chi connectivity index (χ1n) is 7.31. The van der Waals surface area contributed by atoms with Crippen LogP contribution in [0.25, 0.3) is 10.8 Å². The molecule has 0 N–H and O–H groups in total. The normalized spacial score (nSPS) is 10.6. The van der Waals surface area contributed by atoms with Gasteiger partial charge in [0.15, 0.2) is 6.61 Å². The maximum Gasteiger partial charge on any atom is 0.349 e. The number of hydrogen-bond acceptors (Lipinski definition) is 3. The van der Waals surface area contributed by atoms with Gasteiger partial charge in [-0.05, 0) is 52.0 Å². The van der Waals surface area contributed by atoms with Crippen LogP contribution in [0.5, 0.6) is 11.5 Å². The van der Waals surface area contributed by atoms with E-state index in [9.17, 15) is 4.79 Å². The zero-order valence-corrected chi connectivity index (χ0v) is 16.1. The van der Waals surface area contributed by atoms with Crippen LogP contribution < -0.4 is 9.47 Å². The molecule has 0 saturated heterocycles. The van der Waals surface area contributed by atoms with Crippen molar-refractivity contribution in [3.8, 4) is 11.5 Å². The molecule has 5 heteroatoms. The molecule has 0 bridgehead atoms. The van der Waals surface area contributed by atoms with Crippen molar-refractivity contribution in [2.24, 2.45) is 0 Å². The summed E-state index contributed by atoms with van der Waals surface area (Å²) >= 11 is 6.86. The monoisotopic (exact) mass is 448 g/mol. The molecule has 0 saturated carbocycles. The molecule has 0 atom stereocenters. The minimum absolute atomic E-state index is 0.162. The molecule has 3 aromatic carbocycles. The predicted octanol–water partition coefficient (Wildman–Crippen LogP) is 5.66. The van der Waals surface area contributed by atoms with Gasteiger partial charge in [-0.1, -0.05) is 52.3 Å². The van der Waals surface area contributed by atoms with E-state index in [4.69, 9.17) is 9.47 Å². The molecule has 0 aliphatic heterocycles. The van der Waals surface area contributed by atoms with Gasteiger partial charge in [0.25, 0.3) is 0 Å². The van der Waals surface area contributed by atoms with Crippen LogP contribution in [0.15, 0.2) is 63.5 Å². The van der Waals surface area contributed by atoms with Crippen LogP contribution in [0.2, 0.25) is 0 Å². The lowest BCUT2D eigenvalue weighted by Crippen LogP contribution is -2.18. The van der Waals surface area contributed by atoms with Gasteiger partial charge in [-0.15, -0.1) is 0 Å². The summed E-state index contributed by atoms with van der Waals surface area (Å²) in [6, 6.07) is 17.2. The Hall–Kier alpha value is -1.85. The molecule has 3 nitrogen and oxygen atoms in total. The minimum atomic E-state index is -0.444. The van der Waals surface area contributed by atoms with E-state index in [2.05, 4.69) is 31.9 Å². The highest BCUT2D eigenvalue weighted by molar-refractivity contribution is 9.11. The summed E-state index contributed by atoms with van der Waals surface area (Å²) in [7, 11) is 0. The number of esters is 1. The number of carbonyl (C=O) groups excluding carboxylic acids is 1. The largest absolute Gasteiger partial charge is 0.480 e. The number of fused-ring (bicyclic) bond motifs is 1. The number of aryl methyl sites for hydroxylation is 1. The van der Waals surface area contributed by atoms with Gasteiger partial charge in [0.05, 0.1) is 4.47 Å². The van der Waals surface area contributed by atoms with Crippen LogP contribution in [0.4, 0.5) is 0 Å². The van der Waals surface area contributed by atoms with Gasteiger partial charge in [-0.25, -0.2) is 4.79 Å². The summed E-state index contributed by atoms with van der Waals surface area (Å²) in [4.78, 5) is 12.1. The van der Waals surface area contributed by atoms with Gasteiger partial charge >= 0.3 is 5.97 Å². The van der Waals surface area contributed by atoms with Crippen LogP contribution in [-0.2, 0) is 4.79 Å². The Bertz CT molecular complexity index is 878. The molecule has 0 aliphatic rings. The average molecular weight is 450 g/mol. The Labute approximate surface area is 156 Å². The molecule has 3 rings (SSSR count). The van der Waals surface area contributed by atoms with Crippen LogP contribution >= 0.6 is 31.9 Å². The highest BCUT2D eigenvalue weighted by atomic mass is 79.9. The average Bonchev–Trinajstić information content (AvgIpc) is 2.54. The smallest absolute Gasteiger partial charge is 0.349 e. The summed E-state index contributed by atoms with van der Waals surface area (Å²) in [5.41, 5.74) is 0.925. The zero-order valence-electron chi connectivity index (χ0n) is 12.9. The lowest BCUT2D eigenvalue weighted by atomic mass is 10.1. The first-order valence-corrected chi connectivity index (χ1v) is 8.90. The molecular weight excluding hydrogens is 436 g/mol. The number of benzene rings is 3. The summed E-state index contributed by atoms with van der Waals surface area (Å²) in [6.45, 7) is 1.76. The third kappa shape index (κ3) is 3.79. The topological polar surface area (TPSA) is 35.5 Å². The second-order valence-corrected chi connectivity index (χ2v) is 7.04. The number of carbonyl (C=O) groups is 1. The Balaban J connectivity index is 1.72. The standard InChI is InChI=1S/C19H14Br2O3/c1-12-9-14(20)10-16(21)19(12)23-11-18(22)24-17-8-4-6-13-5-2-3-7-15(13)17/h2-10H,11H2,1H3. The Morgan fingerprint density at radius 2 is 1.79 bits per heavy atom. The highest BCUT2D eigenvalue weighted by Crippen LogP contribution is 2.32. The quantitative estimate of drug-likeness (QED) is 0.381. The molecule has 0 aliphatic carbocycles. The number of hydrogen-bond donors (Lipinski definition) is 0. The second-order valence-electron chi connectivity index (χ2n) is 5.27. The minimum Gasteiger partial charge on any atom is -0.480 e. The zero-order chi connectivity index (χ0) is 17.1. The molecule has 0 amide bonds. The van der Waals surface area contributed by atoms with Crippen LogP contribution in [0.1, 0.15) is 5.56 Å². The van der Waals surface area contributed by atoms with Crippen molar-refractivity contribution in [2.45, 2.75) is 6.92 Å². The van der Waals surface area contributed by atoms with Crippen LogP contribution in [-0.4, -0.2) is 12.6 Å². The Kier molecular flexibility index (Phi) is 5.21. The molecule has 0 aromatic heterocycles. The second kappa shape index (κ2) is 7.36. The van der Waals surface area contributed by atoms with Gasteiger partial charge in [-0.3, -0.25) is 0 Å². The fraction of sp³-hybridized carbons (Fsp3) is 0.105. The van der Waals surface area contributed by atoms with E-state index in [1.165, 1.54) is 0 Å². The number of rotatable bonds is 4. The van der Waals surface area contributed by atoms with Crippen molar-refractivity contribution < 1.29 is 14.3 Å². The lowest BCUT2D eigenvalue weighted by Gasteiger charge is -2.12. The summed E-state index contributed by atoms with van der Waals surface area (Å²) < 4.78 is 12.8. The van der Waals surface area contributed by atoms with E-state index in [1.54, 1.807) is 6.07 Å². The molecule has 24 heavy (non-hydrogen) atoms. The first-order chi connectivity index (χ1) is 11.5. The van der Waals surface area contributed by atoms with Gasteiger partial charge < -0.3 is 9.47 Å². The van der Waals surface area contributed by atoms with Gasteiger partial charge in [0.1, 0.15) is 11.5 Å². The summed E-state index contributed by atoms with van der Waals surface area (Å²) in [5, 5.41) is 1.92. The fourth-order valence-corrected chi connectivity index (χ4v) is 3.99. The maximum atomic E-state index is 12.1. The summed E-state index contributed by atoms with van der Waals surface area (Å²) in [6.07, 6.45) is 0. The van der Waals surface area contributed by atoms with Crippen molar-refractivity contribution in [3.63, 3.8) is 0 Å². The third-order valence-corrected chi connectivity index (χ3v) is 4.55. The van der Waals surface area contributed by atoms with Crippen LogP contribution in [0, 0.1) is 6.92 Å². The summed E-state index contributed by atoms with van der Waals surface area (Å²) in [5.74, 6) is 0.724. The lowest BCUT2D eigenvalue weighted by molar-refractivity contribution is -0.136. The van der Waals surface area contributed by atoms with Gasteiger partial charge in [0.2, 0.25) is 0 Å². The molecular formula is C19H14Br2O3.